The van der Waals surface area contributed by atoms with Crippen molar-refractivity contribution < 1.29 is 28.6 Å². The van der Waals surface area contributed by atoms with Crippen molar-refractivity contribution in [1.82, 2.24) is 5.32 Å². The topological polar surface area (TPSA) is 90.9 Å². The first-order valence-electron chi connectivity index (χ1n) is 7.14. The minimum atomic E-state index is -1.50. The van der Waals surface area contributed by atoms with Crippen LogP contribution in [0.2, 0.25) is 5.02 Å². The summed E-state index contributed by atoms with van der Waals surface area (Å²) in [5, 5.41) is 2.68. The molecule has 8 heteroatoms. The predicted octanol–water partition coefficient (Wildman–Crippen LogP) is 2.63. The van der Waals surface area contributed by atoms with E-state index < -0.39 is 29.2 Å². The van der Waals surface area contributed by atoms with Crippen molar-refractivity contribution in [2.75, 3.05) is 6.61 Å². The number of nitrogens with one attached hydrogen (secondary N) is 1. The molecule has 0 fully saturated rings. The first-order valence-corrected chi connectivity index (χ1v) is 7.52. The summed E-state index contributed by atoms with van der Waals surface area (Å²) in [6.45, 7) is 4.38. The molecule has 1 unspecified atom stereocenters. The fourth-order valence-electron chi connectivity index (χ4n) is 2.17. The van der Waals surface area contributed by atoms with Crippen molar-refractivity contribution in [3.63, 3.8) is 0 Å². The van der Waals surface area contributed by atoms with Crippen molar-refractivity contribution in [2.24, 2.45) is 0 Å². The van der Waals surface area contributed by atoms with Gasteiger partial charge in [-0.15, -0.1) is 0 Å². The molecule has 128 valence electrons. The van der Waals surface area contributed by atoms with Crippen LogP contribution in [0.3, 0.4) is 0 Å². The van der Waals surface area contributed by atoms with Crippen LogP contribution in [0.5, 0.6) is 0 Å². The molecule has 0 aliphatic carbocycles. The Morgan fingerprint density at radius 1 is 1.38 bits per heavy atom. The summed E-state index contributed by atoms with van der Waals surface area (Å²) >= 11 is 5.96. The lowest BCUT2D eigenvalue weighted by Gasteiger charge is -2.23. The Balaban J connectivity index is 2.39. The number of benzene rings is 1. The van der Waals surface area contributed by atoms with Crippen LogP contribution in [0.4, 0.5) is 4.79 Å². The minimum Gasteiger partial charge on any atom is -0.456 e. The van der Waals surface area contributed by atoms with Crippen LogP contribution >= 0.6 is 11.6 Å². The summed E-state index contributed by atoms with van der Waals surface area (Å²) in [4.78, 5) is 35.6. The van der Waals surface area contributed by atoms with Gasteiger partial charge in [0.05, 0.1) is 6.61 Å². The molecule has 1 amide bonds. The Morgan fingerprint density at radius 2 is 2.08 bits per heavy atom. The Labute approximate surface area is 143 Å². The zero-order chi connectivity index (χ0) is 17.9. The van der Waals surface area contributed by atoms with E-state index in [4.69, 9.17) is 25.8 Å². The Kier molecular flexibility index (Phi) is 5.14. The van der Waals surface area contributed by atoms with Gasteiger partial charge in [0.2, 0.25) is 11.6 Å². The number of esters is 1. The zero-order valence-corrected chi connectivity index (χ0v) is 14.1. The average Bonchev–Trinajstić information content (AvgIpc) is 2.73. The minimum absolute atomic E-state index is 0.127. The molecule has 1 heterocycles. The summed E-state index contributed by atoms with van der Waals surface area (Å²) in [6.07, 6.45) is -0.833. The van der Waals surface area contributed by atoms with E-state index >= 15 is 0 Å². The van der Waals surface area contributed by atoms with Gasteiger partial charge in [-0.05, 0) is 26.0 Å². The molecule has 1 aromatic rings. The molecule has 1 aliphatic heterocycles. The van der Waals surface area contributed by atoms with Crippen LogP contribution in [0.15, 0.2) is 35.9 Å². The third-order valence-corrected chi connectivity index (χ3v) is 3.50. The third kappa shape index (κ3) is 3.51. The highest BCUT2D eigenvalue weighted by atomic mass is 35.5. The second-order valence-corrected chi connectivity index (χ2v) is 5.51. The number of amides is 1. The van der Waals surface area contributed by atoms with Crippen LogP contribution in [-0.4, -0.2) is 24.5 Å². The number of carbonyl (C=O) groups excluding carboxylic acids is 3. The van der Waals surface area contributed by atoms with E-state index in [1.165, 1.54) is 6.92 Å². The number of carbonyl (C=O) groups is 3. The molecule has 1 atom stereocenters. The quantitative estimate of drug-likeness (QED) is 0.837. The Morgan fingerprint density at radius 3 is 2.67 bits per heavy atom. The number of rotatable bonds is 4. The van der Waals surface area contributed by atoms with Crippen molar-refractivity contribution in [1.29, 1.82) is 0 Å². The van der Waals surface area contributed by atoms with Gasteiger partial charge in [-0.2, -0.15) is 0 Å². The van der Waals surface area contributed by atoms with Crippen LogP contribution < -0.4 is 5.32 Å². The average molecular weight is 354 g/mol. The normalized spacial score (nSPS) is 19.8. The number of alkyl carbamates (subject to hydrolysis) is 1. The van der Waals surface area contributed by atoms with Crippen molar-refractivity contribution in [2.45, 2.75) is 26.4 Å². The van der Waals surface area contributed by atoms with Crippen LogP contribution in [0, 0.1) is 0 Å². The molecule has 0 aromatic heterocycles. The summed E-state index contributed by atoms with van der Waals surface area (Å²) in [5.74, 6) is -2.01. The second kappa shape index (κ2) is 6.92. The molecule has 0 saturated carbocycles. The summed E-state index contributed by atoms with van der Waals surface area (Å²) in [5.41, 5.74) is -1.05. The van der Waals surface area contributed by atoms with Crippen LogP contribution in [-0.2, 0) is 29.4 Å². The first kappa shape index (κ1) is 17.8. The summed E-state index contributed by atoms with van der Waals surface area (Å²) < 4.78 is 15.3. The maximum Gasteiger partial charge on any atom is 0.414 e. The number of hydrogen-bond acceptors (Lipinski definition) is 6. The number of Topliss-reactive ketones (excluding diaryl/α,β-unsaturated/α-hetero) is 1. The van der Waals surface area contributed by atoms with E-state index in [0.717, 1.165) is 6.92 Å². The molecule has 0 bridgehead atoms. The zero-order valence-electron chi connectivity index (χ0n) is 13.3. The van der Waals surface area contributed by atoms with Gasteiger partial charge in [0.1, 0.15) is 0 Å². The highest BCUT2D eigenvalue weighted by Gasteiger charge is 2.50. The molecule has 1 N–H and O–H groups in total. The molecule has 24 heavy (non-hydrogen) atoms. The van der Waals surface area contributed by atoms with Crippen molar-refractivity contribution >= 4 is 29.4 Å². The van der Waals surface area contributed by atoms with Crippen LogP contribution in [0.1, 0.15) is 26.3 Å². The van der Waals surface area contributed by atoms with Crippen molar-refractivity contribution in [3.05, 3.63) is 46.5 Å². The lowest BCUT2D eigenvalue weighted by atomic mass is 9.92. The number of ether oxygens (including phenoxy) is 3. The second-order valence-electron chi connectivity index (χ2n) is 5.07. The fourth-order valence-corrected chi connectivity index (χ4v) is 2.36. The van der Waals surface area contributed by atoms with Gasteiger partial charge in [0.25, 0.3) is 5.78 Å². The Bertz CT molecular complexity index is 729. The highest BCUT2D eigenvalue weighted by molar-refractivity contribution is 6.30. The van der Waals surface area contributed by atoms with Gasteiger partial charge in [-0.25, -0.2) is 4.79 Å². The Hall–Kier alpha value is -2.54. The monoisotopic (exact) mass is 353 g/mol. The van der Waals surface area contributed by atoms with Crippen LogP contribution in [0.25, 0.3) is 0 Å². The lowest BCUT2D eigenvalue weighted by Crippen LogP contribution is -2.32. The van der Waals surface area contributed by atoms with E-state index in [1.807, 2.05) is 0 Å². The molecule has 2 rings (SSSR count). The molecule has 0 spiro atoms. The molecule has 0 radical (unpaired) electrons. The van der Waals surface area contributed by atoms with E-state index in [9.17, 15) is 14.4 Å². The molecular weight excluding hydrogens is 338 g/mol. The van der Waals surface area contributed by atoms with Gasteiger partial charge in [-0.1, -0.05) is 23.7 Å². The maximum atomic E-state index is 12.7. The van der Waals surface area contributed by atoms with Gasteiger partial charge in [0, 0.05) is 17.5 Å². The first-order chi connectivity index (χ1) is 11.3. The number of ketones is 1. The molecule has 1 aromatic carbocycles. The van der Waals surface area contributed by atoms with E-state index in [0.29, 0.717) is 10.6 Å². The third-order valence-electron chi connectivity index (χ3n) is 3.26. The fraction of sp³-hybridized carbons (Fsp3) is 0.312. The van der Waals surface area contributed by atoms with Gasteiger partial charge < -0.3 is 14.2 Å². The lowest BCUT2D eigenvalue weighted by molar-refractivity contribution is -0.142. The SMILES string of the molecule is CCOC(=O)NC1=C(OC(C)=O)C(=O)C(C)(c2cccc(Cl)c2)O1. The molecule has 7 nitrogen and oxygen atoms in total. The summed E-state index contributed by atoms with van der Waals surface area (Å²) in [6, 6.07) is 6.49. The molecule has 1 aliphatic rings. The smallest absolute Gasteiger partial charge is 0.414 e. The van der Waals surface area contributed by atoms with Crippen molar-refractivity contribution in [3.8, 4) is 0 Å². The molecule has 0 saturated heterocycles. The van der Waals surface area contributed by atoms with E-state index in [1.54, 1.807) is 31.2 Å². The number of hydrogen-bond donors (Lipinski definition) is 1. The standard InChI is InChI=1S/C16H16ClNO6/c1-4-22-15(21)18-14-12(23-9(2)19)13(20)16(3,24-14)10-6-5-7-11(17)8-10/h5-8H,4H2,1-3H3,(H,18,21). The molecular formula is C16H16ClNO6. The maximum absolute atomic E-state index is 12.7. The highest BCUT2D eigenvalue weighted by Crippen LogP contribution is 2.39. The van der Waals surface area contributed by atoms with Gasteiger partial charge in [-0.3, -0.25) is 14.9 Å². The largest absolute Gasteiger partial charge is 0.456 e. The number of halogens is 1. The van der Waals surface area contributed by atoms with E-state index in [2.05, 4.69) is 5.32 Å². The summed E-state index contributed by atoms with van der Waals surface area (Å²) in [7, 11) is 0. The van der Waals surface area contributed by atoms with E-state index in [-0.39, 0.29) is 12.5 Å². The predicted molar refractivity (Wildman–Crippen MR) is 83.8 cm³/mol. The van der Waals surface area contributed by atoms with Gasteiger partial charge >= 0.3 is 12.1 Å². The van der Waals surface area contributed by atoms with Gasteiger partial charge in [0.15, 0.2) is 5.60 Å².